The Labute approximate surface area is 207 Å². The van der Waals surface area contributed by atoms with Crippen LogP contribution in [-0.2, 0) is 19.4 Å². The molecule has 12 heteroatoms. The van der Waals surface area contributed by atoms with Crippen LogP contribution in [0.2, 0.25) is 0 Å². The number of hydrogen-bond acceptors (Lipinski definition) is 7. The highest BCUT2D eigenvalue weighted by molar-refractivity contribution is 7.90. The molecule has 2 aliphatic heterocycles. The molecule has 1 unspecified atom stereocenters. The molecule has 2 aromatic rings. The van der Waals surface area contributed by atoms with E-state index in [1.165, 1.54) is 18.0 Å². The van der Waals surface area contributed by atoms with Crippen molar-refractivity contribution in [1.29, 1.82) is 0 Å². The minimum atomic E-state index is -3.95. The van der Waals surface area contributed by atoms with Gasteiger partial charge in [-0.25, -0.2) is 22.2 Å². The lowest BCUT2D eigenvalue weighted by atomic mass is 9.96. The van der Waals surface area contributed by atoms with Crippen molar-refractivity contribution in [3.63, 3.8) is 0 Å². The van der Waals surface area contributed by atoms with E-state index in [1.807, 2.05) is 0 Å². The van der Waals surface area contributed by atoms with E-state index < -0.39 is 32.4 Å². The zero-order valence-electron chi connectivity index (χ0n) is 19.8. The number of Topliss-reactive ketones (excluding diaryl/α,β-unsaturated/α-hetero) is 1. The number of ketones is 1. The van der Waals surface area contributed by atoms with Crippen molar-refractivity contribution in [1.82, 2.24) is 9.88 Å². The van der Waals surface area contributed by atoms with Gasteiger partial charge in [0.2, 0.25) is 11.8 Å². The SMILES string of the molecule is CC(=O)c1ccc(N2CC[C@H](N3CCCC(Nc4cc(F)c(S(C)(=O)=O)cc4F)C3=O)CC2=O)nc1. The fourth-order valence-corrected chi connectivity index (χ4v) is 5.32. The summed E-state index contributed by atoms with van der Waals surface area (Å²) in [5, 5.41) is 2.71. The number of aromatic nitrogens is 1. The minimum absolute atomic E-state index is 0.0840. The molecule has 3 heterocycles. The number of halogens is 2. The van der Waals surface area contributed by atoms with E-state index in [2.05, 4.69) is 10.3 Å². The fraction of sp³-hybridized carbons (Fsp3) is 0.417. The molecule has 0 saturated carbocycles. The van der Waals surface area contributed by atoms with Crippen LogP contribution in [0.5, 0.6) is 0 Å². The molecule has 0 spiro atoms. The molecule has 1 aromatic carbocycles. The Morgan fingerprint density at radius 1 is 1.11 bits per heavy atom. The largest absolute Gasteiger partial charge is 0.371 e. The zero-order valence-corrected chi connectivity index (χ0v) is 20.6. The predicted octanol–water partition coefficient (Wildman–Crippen LogP) is 2.56. The number of rotatable bonds is 6. The van der Waals surface area contributed by atoms with Crippen LogP contribution in [0.25, 0.3) is 0 Å². The highest BCUT2D eigenvalue weighted by Crippen LogP contribution is 2.28. The summed E-state index contributed by atoms with van der Waals surface area (Å²) in [4.78, 5) is 44.1. The summed E-state index contributed by atoms with van der Waals surface area (Å²) in [5.41, 5.74) is 0.145. The van der Waals surface area contributed by atoms with Crippen molar-refractivity contribution < 1.29 is 31.6 Å². The first-order valence-electron chi connectivity index (χ1n) is 11.5. The van der Waals surface area contributed by atoms with Gasteiger partial charge < -0.3 is 10.2 Å². The van der Waals surface area contributed by atoms with E-state index in [9.17, 15) is 31.6 Å². The lowest BCUT2D eigenvalue weighted by molar-refractivity contribution is -0.138. The second kappa shape index (κ2) is 9.92. The highest BCUT2D eigenvalue weighted by Gasteiger charge is 2.38. The number of nitrogens with zero attached hydrogens (tertiary/aromatic N) is 3. The van der Waals surface area contributed by atoms with Gasteiger partial charge in [0.1, 0.15) is 28.4 Å². The number of amides is 2. The zero-order chi connectivity index (χ0) is 26.2. The van der Waals surface area contributed by atoms with E-state index >= 15 is 0 Å². The molecule has 2 aliphatic rings. The lowest BCUT2D eigenvalue weighted by Gasteiger charge is -2.41. The van der Waals surface area contributed by atoms with E-state index in [0.717, 1.165) is 12.3 Å². The molecule has 1 N–H and O–H groups in total. The van der Waals surface area contributed by atoms with Crippen LogP contribution in [0.3, 0.4) is 0 Å². The maximum absolute atomic E-state index is 14.5. The first-order valence-corrected chi connectivity index (χ1v) is 13.4. The van der Waals surface area contributed by atoms with Crippen molar-refractivity contribution in [2.75, 3.05) is 29.6 Å². The second-order valence-electron chi connectivity index (χ2n) is 9.06. The molecule has 2 fully saturated rings. The molecule has 2 saturated heterocycles. The predicted molar refractivity (Wildman–Crippen MR) is 127 cm³/mol. The van der Waals surface area contributed by atoms with Crippen LogP contribution < -0.4 is 10.2 Å². The molecule has 9 nitrogen and oxygen atoms in total. The number of likely N-dealkylation sites (tertiary alicyclic amines) is 1. The molecular formula is C24H26F2N4O5S. The van der Waals surface area contributed by atoms with Gasteiger partial charge in [-0.1, -0.05) is 0 Å². The Morgan fingerprint density at radius 2 is 1.86 bits per heavy atom. The smallest absolute Gasteiger partial charge is 0.245 e. The summed E-state index contributed by atoms with van der Waals surface area (Å²) >= 11 is 0. The normalized spacial score (nSPS) is 21.0. The van der Waals surface area contributed by atoms with Gasteiger partial charge in [-0.3, -0.25) is 19.3 Å². The summed E-state index contributed by atoms with van der Waals surface area (Å²) in [6, 6.07) is 3.37. The minimum Gasteiger partial charge on any atom is -0.371 e. The lowest BCUT2D eigenvalue weighted by Crippen LogP contribution is -2.56. The number of carbonyl (C=O) groups excluding carboxylic acids is 3. The number of piperidine rings is 2. The number of hydrogen-bond donors (Lipinski definition) is 1. The summed E-state index contributed by atoms with van der Waals surface area (Å²) in [7, 11) is -3.95. The Kier molecular flexibility index (Phi) is 7.07. The maximum Gasteiger partial charge on any atom is 0.245 e. The van der Waals surface area contributed by atoms with Gasteiger partial charge in [-0.2, -0.15) is 0 Å². The highest BCUT2D eigenvalue weighted by atomic mass is 32.2. The van der Waals surface area contributed by atoms with Gasteiger partial charge in [0.25, 0.3) is 0 Å². The average Bonchev–Trinajstić information content (AvgIpc) is 2.81. The monoisotopic (exact) mass is 520 g/mol. The van der Waals surface area contributed by atoms with E-state index in [4.69, 9.17) is 0 Å². The van der Waals surface area contributed by atoms with Crippen LogP contribution in [-0.4, -0.2) is 67.3 Å². The van der Waals surface area contributed by atoms with Crippen LogP contribution in [0.15, 0.2) is 35.4 Å². The molecule has 36 heavy (non-hydrogen) atoms. The second-order valence-corrected chi connectivity index (χ2v) is 11.0. The number of carbonyl (C=O) groups is 3. The van der Waals surface area contributed by atoms with Crippen LogP contribution in [0.1, 0.15) is 43.0 Å². The fourth-order valence-electron chi connectivity index (χ4n) is 4.59. The first kappa shape index (κ1) is 25.7. The number of anilines is 2. The molecule has 2 atom stereocenters. The van der Waals surface area contributed by atoms with Crippen molar-refractivity contribution in [2.24, 2.45) is 0 Å². The molecular weight excluding hydrogens is 494 g/mol. The Morgan fingerprint density at radius 3 is 2.47 bits per heavy atom. The molecule has 192 valence electrons. The Hall–Kier alpha value is -3.41. The summed E-state index contributed by atoms with van der Waals surface area (Å²) in [6.07, 6.45) is 3.77. The third kappa shape index (κ3) is 5.23. The van der Waals surface area contributed by atoms with E-state index in [-0.39, 0.29) is 35.7 Å². The topological polar surface area (TPSA) is 117 Å². The Bertz CT molecular complexity index is 1320. The Balaban J connectivity index is 1.44. The quantitative estimate of drug-likeness (QED) is 0.582. The number of pyridine rings is 1. The molecule has 0 aliphatic carbocycles. The van der Waals surface area contributed by atoms with Crippen LogP contribution in [0.4, 0.5) is 20.3 Å². The van der Waals surface area contributed by atoms with Crippen molar-refractivity contribution in [3.05, 3.63) is 47.7 Å². The molecule has 0 radical (unpaired) electrons. The van der Waals surface area contributed by atoms with Crippen molar-refractivity contribution in [2.45, 2.75) is 49.6 Å². The molecule has 4 rings (SSSR count). The summed E-state index contributed by atoms with van der Waals surface area (Å²) in [6.45, 7) is 2.20. The summed E-state index contributed by atoms with van der Waals surface area (Å²) in [5.74, 6) is -2.31. The van der Waals surface area contributed by atoms with Gasteiger partial charge in [0.15, 0.2) is 15.6 Å². The van der Waals surface area contributed by atoms with Gasteiger partial charge in [-0.05, 0) is 44.4 Å². The van der Waals surface area contributed by atoms with Crippen molar-refractivity contribution in [3.8, 4) is 0 Å². The van der Waals surface area contributed by atoms with Crippen LogP contribution >= 0.6 is 0 Å². The van der Waals surface area contributed by atoms with E-state index in [1.54, 1.807) is 17.0 Å². The van der Waals surface area contributed by atoms with Crippen LogP contribution in [0, 0.1) is 11.6 Å². The van der Waals surface area contributed by atoms with Gasteiger partial charge >= 0.3 is 0 Å². The van der Waals surface area contributed by atoms with E-state index in [0.29, 0.717) is 49.8 Å². The molecule has 2 amide bonds. The number of nitrogens with one attached hydrogen (secondary N) is 1. The number of sulfone groups is 1. The molecule has 0 bridgehead atoms. The number of benzene rings is 1. The van der Waals surface area contributed by atoms with Gasteiger partial charge in [0, 0.05) is 49.6 Å². The third-order valence-corrected chi connectivity index (χ3v) is 7.60. The van der Waals surface area contributed by atoms with Crippen molar-refractivity contribution >= 4 is 38.9 Å². The summed E-state index contributed by atoms with van der Waals surface area (Å²) < 4.78 is 52.1. The van der Waals surface area contributed by atoms with Gasteiger partial charge in [0.05, 0.1) is 5.69 Å². The van der Waals surface area contributed by atoms with Gasteiger partial charge in [-0.15, -0.1) is 0 Å². The first-order chi connectivity index (χ1) is 17.0. The third-order valence-electron chi connectivity index (χ3n) is 6.49. The molecule has 1 aromatic heterocycles. The maximum atomic E-state index is 14.5. The standard InChI is InChI=1S/C24H26F2N4O5S/c1-14(31)15-5-6-22(27-13-15)30-9-7-16(10-23(30)32)29-8-3-4-19(24(29)33)28-20-11-18(26)21(12-17(20)25)36(2,34)35/h5-6,11-13,16,19,28H,3-4,7-10H2,1-2H3/t16-,19?/m0/s1. The average molecular weight is 521 g/mol.